The molecule has 1 saturated heterocycles. The van der Waals surface area contributed by atoms with Crippen LogP contribution in [0, 0.1) is 0 Å². The Morgan fingerprint density at radius 1 is 1.31 bits per heavy atom. The number of ether oxygens (including phenoxy) is 2. The van der Waals surface area contributed by atoms with Crippen LogP contribution in [-0.2, 0) is 11.8 Å². The molecule has 1 aliphatic rings. The molecule has 8 heteroatoms. The zero-order chi connectivity index (χ0) is 17.8. The number of hydrogen-bond acceptors (Lipinski definition) is 5. The topological polar surface area (TPSA) is 68.6 Å². The zero-order valence-corrected chi connectivity index (χ0v) is 16.0. The van der Waals surface area contributed by atoms with E-state index in [2.05, 4.69) is 10.3 Å². The third-order valence-corrected chi connectivity index (χ3v) is 4.40. The molecule has 1 amide bonds. The summed E-state index contributed by atoms with van der Waals surface area (Å²) in [6.07, 6.45) is 3.07. The summed E-state index contributed by atoms with van der Waals surface area (Å²) in [6, 6.07) is 7.14. The molecule has 0 aliphatic carbocycles. The van der Waals surface area contributed by atoms with Crippen LogP contribution in [0.4, 0.5) is 0 Å². The molecule has 3 rings (SSSR count). The lowest BCUT2D eigenvalue weighted by Crippen LogP contribution is -2.52. The van der Waals surface area contributed by atoms with Crippen LogP contribution in [0.25, 0.3) is 0 Å². The van der Waals surface area contributed by atoms with Crippen LogP contribution in [0.3, 0.4) is 0 Å². The highest BCUT2D eigenvalue weighted by Crippen LogP contribution is 2.23. The van der Waals surface area contributed by atoms with Crippen molar-refractivity contribution >= 4 is 18.3 Å². The molecule has 26 heavy (non-hydrogen) atoms. The van der Waals surface area contributed by atoms with Crippen LogP contribution in [0.1, 0.15) is 18.8 Å². The molecule has 1 aromatic heterocycles. The van der Waals surface area contributed by atoms with E-state index >= 15 is 0 Å². The number of nitrogens with zero attached hydrogens (tertiary/aromatic N) is 3. The molecule has 2 unspecified atom stereocenters. The van der Waals surface area contributed by atoms with Gasteiger partial charge in [-0.05, 0) is 31.2 Å². The minimum atomic E-state index is -0.575. The smallest absolute Gasteiger partial charge is 0.264 e. The van der Waals surface area contributed by atoms with Gasteiger partial charge >= 0.3 is 0 Å². The van der Waals surface area contributed by atoms with Gasteiger partial charge in [0.05, 0.1) is 7.11 Å². The van der Waals surface area contributed by atoms with Crippen molar-refractivity contribution in [2.75, 3.05) is 26.7 Å². The maximum atomic E-state index is 13.0. The van der Waals surface area contributed by atoms with Gasteiger partial charge in [-0.1, -0.05) is 0 Å². The summed E-state index contributed by atoms with van der Waals surface area (Å²) < 4.78 is 12.9. The Kier molecular flexibility index (Phi) is 6.88. The number of hydrogen-bond donors (Lipinski definition) is 1. The quantitative estimate of drug-likeness (QED) is 0.856. The van der Waals surface area contributed by atoms with Crippen LogP contribution >= 0.6 is 12.4 Å². The van der Waals surface area contributed by atoms with Gasteiger partial charge in [0.25, 0.3) is 5.91 Å². The molecule has 142 valence electrons. The number of aromatic nitrogens is 2. The van der Waals surface area contributed by atoms with Crippen molar-refractivity contribution in [1.82, 2.24) is 19.8 Å². The van der Waals surface area contributed by atoms with E-state index in [1.165, 1.54) is 0 Å². The molecule has 0 spiro atoms. The van der Waals surface area contributed by atoms with E-state index in [9.17, 15) is 4.79 Å². The largest absolute Gasteiger partial charge is 0.497 e. The highest BCUT2D eigenvalue weighted by Gasteiger charge is 2.33. The number of halogens is 1. The summed E-state index contributed by atoms with van der Waals surface area (Å²) in [7, 11) is 3.56. The van der Waals surface area contributed by atoms with Crippen molar-refractivity contribution in [2.24, 2.45) is 7.05 Å². The number of piperazine rings is 1. The second kappa shape index (κ2) is 8.91. The number of carbonyl (C=O) groups is 1. The summed E-state index contributed by atoms with van der Waals surface area (Å²) in [5, 5.41) is 3.33. The molecule has 1 aromatic carbocycles. The van der Waals surface area contributed by atoms with E-state index in [1.54, 1.807) is 32.4 Å². The van der Waals surface area contributed by atoms with E-state index < -0.39 is 6.10 Å². The lowest BCUT2D eigenvalue weighted by molar-refractivity contribution is -0.141. The van der Waals surface area contributed by atoms with Crippen molar-refractivity contribution in [3.8, 4) is 11.5 Å². The van der Waals surface area contributed by atoms with Gasteiger partial charge in [0.15, 0.2) is 6.10 Å². The van der Waals surface area contributed by atoms with Gasteiger partial charge in [-0.25, -0.2) is 4.98 Å². The lowest BCUT2D eigenvalue weighted by atomic mass is 10.1. The first-order chi connectivity index (χ1) is 12.1. The second-order valence-corrected chi connectivity index (χ2v) is 6.08. The van der Waals surface area contributed by atoms with Crippen molar-refractivity contribution in [2.45, 2.75) is 19.1 Å². The zero-order valence-electron chi connectivity index (χ0n) is 15.2. The van der Waals surface area contributed by atoms with Crippen LogP contribution in [0.15, 0.2) is 36.7 Å². The SMILES string of the molecule is COc1ccc(OC(C)C(=O)N2CCNCC2c2nccn2C)cc1.Cl. The fraction of sp³-hybridized carbons (Fsp3) is 0.444. The predicted octanol–water partition coefficient (Wildman–Crippen LogP) is 1.79. The van der Waals surface area contributed by atoms with Crippen LogP contribution in [0.2, 0.25) is 0 Å². The second-order valence-electron chi connectivity index (χ2n) is 6.08. The Hall–Kier alpha value is -2.25. The van der Waals surface area contributed by atoms with E-state index in [4.69, 9.17) is 9.47 Å². The Balaban J connectivity index is 0.00000243. The Morgan fingerprint density at radius 2 is 2.00 bits per heavy atom. The molecule has 7 nitrogen and oxygen atoms in total. The number of nitrogens with one attached hydrogen (secondary N) is 1. The molecular weight excluding hydrogens is 356 g/mol. The van der Waals surface area contributed by atoms with Crippen LogP contribution < -0.4 is 14.8 Å². The molecule has 1 N–H and O–H groups in total. The summed E-state index contributed by atoms with van der Waals surface area (Å²) in [4.78, 5) is 19.2. The first kappa shape index (κ1) is 20.1. The summed E-state index contributed by atoms with van der Waals surface area (Å²) in [5.74, 6) is 2.23. The fourth-order valence-electron chi connectivity index (χ4n) is 3.04. The first-order valence-corrected chi connectivity index (χ1v) is 8.39. The molecular formula is C18H25ClN4O3. The number of benzene rings is 1. The van der Waals surface area contributed by atoms with Crippen molar-refractivity contribution in [3.63, 3.8) is 0 Å². The Bertz CT molecular complexity index is 719. The van der Waals surface area contributed by atoms with Gasteiger partial charge in [-0.15, -0.1) is 12.4 Å². The molecule has 0 bridgehead atoms. The molecule has 0 saturated carbocycles. The van der Waals surface area contributed by atoms with E-state index in [0.717, 1.165) is 18.1 Å². The van der Waals surface area contributed by atoms with Crippen molar-refractivity contribution in [3.05, 3.63) is 42.5 Å². The summed E-state index contributed by atoms with van der Waals surface area (Å²) in [5.41, 5.74) is 0. The van der Waals surface area contributed by atoms with E-state index in [0.29, 0.717) is 18.8 Å². The van der Waals surface area contributed by atoms with Gasteiger partial charge in [-0.3, -0.25) is 4.79 Å². The number of aryl methyl sites for hydroxylation is 1. The third kappa shape index (κ3) is 4.28. The molecule has 2 atom stereocenters. The highest BCUT2D eigenvalue weighted by molar-refractivity contribution is 5.85. The minimum absolute atomic E-state index is 0. The summed E-state index contributed by atoms with van der Waals surface area (Å²) >= 11 is 0. The predicted molar refractivity (Wildman–Crippen MR) is 101 cm³/mol. The number of imidazole rings is 1. The lowest BCUT2D eigenvalue weighted by Gasteiger charge is -2.37. The monoisotopic (exact) mass is 380 g/mol. The maximum absolute atomic E-state index is 13.0. The fourth-order valence-corrected chi connectivity index (χ4v) is 3.04. The van der Waals surface area contributed by atoms with E-state index in [-0.39, 0.29) is 24.4 Å². The normalized spacial score (nSPS) is 18.0. The number of carbonyl (C=O) groups excluding carboxylic acids is 1. The minimum Gasteiger partial charge on any atom is -0.497 e. The Labute approximate surface area is 159 Å². The first-order valence-electron chi connectivity index (χ1n) is 8.39. The van der Waals surface area contributed by atoms with E-state index in [1.807, 2.05) is 34.8 Å². The molecule has 2 aromatic rings. The molecule has 2 heterocycles. The standard InChI is InChI=1S/C18H24N4O3.ClH/c1-13(25-15-6-4-14(24-3)5-7-15)18(23)22-11-8-19-12-16(22)17-20-9-10-21(17)2;/h4-7,9-10,13,16,19H,8,11-12H2,1-3H3;1H. The van der Waals surface area contributed by atoms with Gasteiger partial charge in [0, 0.05) is 39.1 Å². The van der Waals surface area contributed by atoms with Crippen molar-refractivity contribution in [1.29, 1.82) is 0 Å². The molecule has 1 fully saturated rings. The average molecular weight is 381 g/mol. The average Bonchev–Trinajstić information content (AvgIpc) is 3.07. The highest BCUT2D eigenvalue weighted by atomic mass is 35.5. The van der Waals surface area contributed by atoms with Crippen LogP contribution in [0.5, 0.6) is 11.5 Å². The number of rotatable bonds is 5. The van der Waals surface area contributed by atoms with Gasteiger partial charge in [0.1, 0.15) is 23.4 Å². The van der Waals surface area contributed by atoms with Crippen molar-refractivity contribution < 1.29 is 14.3 Å². The number of amides is 1. The maximum Gasteiger partial charge on any atom is 0.264 e. The molecule has 0 radical (unpaired) electrons. The molecule has 1 aliphatic heterocycles. The van der Waals surface area contributed by atoms with Crippen LogP contribution in [-0.4, -0.2) is 53.2 Å². The summed E-state index contributed by atoms with van der Waals surface area (Å²) in [6.45, 7) is 3.87. The van der Waals surface area contributed by atoms with Gasteiger partial charge < -0.3 is 24.3 Å². The van der Waals surface area contributed by atoms with Gasteiger partial charge in [-0.2, -0.15) is 0 Å². The third-order valence-electron chi connectivity index (χ3n) is 4.40. The Morgan fingerprint density at radius 3 is 2.62 bits per heavy atom. The number of methoxy groups -OCH3 is 1. The van der Waals surface area contributed by atoms with Gasteiger partial charge in [0.2, 0.25) is 0 Å².